The Bertz CT molecular complexity index is 1270. The summed E-state index contributed by atoms with van der Waals surface area (Å²) < 4.78 is 23.7. The van der Waals surface area contributed by atoms with Gasteiger partial charge >= 0.3 is 5.97 Å². The highest BCUT2D eigenvalue weighted by molar-refractivity contribution is 7.90. The summed E-state index contributed by atoms with van der Waals surface area (Å²) >= 11 is 7.78. The van der Waals surface area contributed by atoms with E-state index in [4.69, 9.17) is 11.6 Å². The number of nitrogens with one attached hydrogen (secondary N) is 1. The molecule has 1 unspecified atom stereocenters. The predicted octanol–water partition coefficient (Wildman–Crippen LogP) is 4.29. The van der Waals surface area contributed by atoms with Gasteiger partial charge in [0.15, 0.2) is 9.84 Å². The lowest BCUT2D eigenvalue weighted by atomic mass is 10.2. The first kappa shape index (κ1) is 20.6. The molecule has 0 aliphatic carbocycles. The Morgan fingerprint density at radius 1 is 1.10 bits per heavy atom. The minimum atomic E-state index is -3.31. The van der Waals surface area contributed by atoms with E-state index in [0.717, 1.165) is 15.3 Å². The van der Waals surface area contributed by atoms with Crippen LogP contribution in [0.2, 0.25) is 5.02 Å². The first-order valence-electron chi connectivity index (χ1n) is 8.90. The molecule has 0 amide bonds. The molecule has 1 aliphatic rings. The number of carbonyl (C=O) groups is 1. The number of nitrogens with zero attached hydrogens (tertiary/aromatic N) is 1. The molecule has 0 radical (unpaired) electrons. The zero-order valence-corrected chi connectivity index (χ0v) is 18.1. The number of aliphatic carboxylic acids is 1. The van der Waals surface area contributed by atoms with Crippen molar-refractivity contribution in [1.82, 2.24) is 5.43 Å². The van der Waals surface area contributed by atoms with Crippen molar-refractivity contribution >= 4 is 50.1 Å². The first-order valence-corrected chi connectivity index (χ1v) is 12.0. The molecule has 0 fully saturated rings. The van der Waals surface area contributed by atoms with Crippen LogP contribution in [0.1, 0.15) is 4.88 Å². The summed E-state index contributed by atoms with van der Waals surface area (Å²) in [5.41, 5.74) is 5.05. The van der Waals surface area contributed by atoms with Gasteiger partial charge in [-0.15, -0.1) is 11.3 Å². The monoisotopic (exact) mass is 460 g/mol. The molecule has 1 aromatic heterocycles. The van der Waals surface area contributed by atoms with Crippen LogP contribution in [-0.2, 0) is 14.6 Å². The maximum absolute atomic E-state index is 11.9. The second kappa shape index (κ2) is 7.88. The van der Waals surface area contributed by atoms with Crippen LogP contribution >= 0.6 is 22.9 Å². The van der Waals surface area contributed by atoms with E-state index >= 15 is 0 Å². The van der Waals surface area contributed by atoms with E-state index in [2.05, 4.69) is 5.43 Å². The minimum absolute atomic E-state index is 0.250. The minimum Gasteiger partial charge on any atom is -0.480 e. The molecule has 4 rings (SSSR count). The zero-order chi connectivity index (χ0) is 21.5. The molecule has 30 heavy (non-hydrogen) atoms. The third kappa shape index (κ3) is 3.99. The van der Waals surface area contributed by atoms with Gasteiger partial charge in [0.2, 0.25) is 0 Å². The maximum atomic E-state index is 11.9. The van der Waals surface area contributed by atoms with Crippen LogP contribution in [0.5, 0.6) is 0 Å². The van der Waals surface area contributed by atoms with E-state index in [9.17, 15) is 18.3 Å². The Hall–Kier alpha value is -2.65. The van der Waals surface area contributed by atoms with E-state index in [0.29, 0.717) is 16.4 Å². The first-order chi connectivity index (χ1) is 14.2. The molecule has 1 atom stereocenters. The van der Waals surface area contributed by atoms with Gasteiger partial charge in [-0.1, -0.05) is 35.9 Å². The Kier molecular flexibility index (Phi) is 5.42. The molecule has 6 nitrogen and oxygen atoms in total. The summed E-state index contributed by atoms with van der Waals surface area (Å²) in [7, 11) is -3.31. The van der Waals surface area contributed by atoms with E-state index in [1.807, 2.05) is 24.3 Å². The largest absolute Gasteiger partial charge is 0.480 e. The number of hydrogen-bond donors (Lipinski definition) is 2. The average molecular weight is 461 g/mol. The number of rotatable bonds is 5. The summed E-state index contributed by atoms with van der Waals surface area (Å²) in [6.45, 7) is 0. The second-order valence-electron chi connectivity index (χ2n) is 6.75. The fourth-order valence-corrected chi connectivity index (χ4v) is 5.05. The fraction of sp³-hybridized carbons (Fsp3) is 0.0952. The number of anilines is 1. The quantitative estimate of drug-likeness (QED) is 0.590. The van der Waals surface area contributed by atoms with Crippen molar-refractivity contribution in [3.05, 3.63) is 76.6 Å². The highest BCUT2D eigenvalue weighted by Gasteiger charge is 2.31. The topological polar surface area (TPSA) is 86.7 Å². The van der Waals surface area contributed by atoms with Crippen molar-refractivity contribution in [2.24, 2.45) is 0 Å². The van der Waals surface area contributed by atoms with Gasteiger partial charge in [-0.2, -0.15) is 0 Å². The number of sulfone groups is 1. The number of carboxylic acids is 1. The van der Waals surface area contributed by atoms with Crippen molar-refractivity contribution in [2.45, 2.75) is 10.9 Å². The second-order valence-corrected chi connectivity index (χ2v) is 10.3. The lowest BCUT2D eigenvalue weighted by molar-refractivity contribution is -0.137. The van der Waals surface area contributed by atoms with Gasteiger partial charge in [-0.05, 0) is 48.0 Å². The molecule has 3 aromatic rings. The zero-order valence-electron chi connectivity index (χ0n) is 15.7. The van der Waals surface area contributed by atoms with Crippen molar-refractivity contribution in [1.29, 1.82) is 0 Å². The smallest absolute Gasteiger partial charge is 0.326 e. The molecular weight excluding hydrogens is 444 g/mol. The van der Waals surface area contributed by atoms with Crippen LogP contribution in [0.3, 0.4) is 0 Å². The summed E-state index contributed by atoms with van der Waals surface area (Å²) in [5, 5.41) is 11.6. The van der Waals surface area contributed by atoms with E-state index in [-0.39, 0.29) is 4.90 Å². The van der Waals surface area contributed by atoms with Gasteiger partial charge in [0, 0.05) is 11.1 Å². The Morgan fingerprint density at radius 2 is 1.83 bits per heavy atom. The predicted molar refractivity (Wildman–Crippen MR) is 119 cm³/mol. The molecule has 154 valence electrons. The summed E-state index contributed by atoms with van der Waals surface area (Å²) in [4.78, 5) is 13.5. The third-order valence-electron chi connectivity index (χ3n) is 4.60. The number of halogens is 1. The fourth-order valence-electron chi connectivity index (χ4n) is 3.14. The standard InChI is InChI=1S/C21H17ClN2O4S2/c1-30(27,28)14-6-4-5-13(11-14)19-9-10-20(29-19)18-12-16(21(25)26)23-24(18)17-8-3-2-7-15(17)22/h2-12,16,23H,1H3,(H,25,26). The Labute approximate surface area is 182 Å². The molecule has 0 bridgehead atoms. The van der Waals surface area contributed by atoms with Crippen molar-refractivity contribution in [3.8, 4) is 10.4 Å². The molecule has 2 N–H and O–H groups in total. The van der Waals surface area contributed by atoms with Crippen molar-refractivity contribution in [3.63, 3.8) is 0 Å². The number of para-hydroxylation sites is 1. The lowest BCUT2D eigenvalue weighted by Crippen LogP contribution is -2.40. The molecule has 9 heteroatoms. The number of hydrogen-bond acceptors (Lipinski definition) is 6. The van der Waals surface area contributed by atoms with E-state index in [1.165, 1.54) is 17.6 Å². The van der Waals surface area contributed by atoms with Crippen molar-refractivity contribution < 1.29 is 18.3 Å². The van der Waals surface area contributed by atoms with Crippen LogP contribution in [0, 0.1) is 0 Å². The molecule has 2 heterocycles. The molecular formula is C21H17ClN2O4S2. The van der Waals surface area contributed by atoms with Gasteiger partial charge in [0.1, 0.15) is 6.04 Å². The summed E-state index contributed by atoms with van der Waals surface area (Å²) in [6, 6.07) is 16.8. The molecule has 0 spiro atoms. The van der Waals surface area contributed by atoms with E-state index < -0.39 is 21.8 Å². The highest BCUT2D eigenvalue weighted by Crippen LogP contribution is 2.39. The molecule has 1 aliphatic heterocycles. The number of thiophene rings is 1. The van der Waals surface area contributed by atoms with Crippen LogP contribution in [-0.4, -0.2) is 31.8 Å². The average Bonchev–Trinajstić information content (AvgIpc) is 3.35. The van der Waals surface area contributed by atoms with Gasteiger partial charge < -0.3 is 5.11 Å². The summed E-state index contributed by atoms with van der Waals surface area (Å²) in [6.07, 6.45) is 2.81. The van der Waals surface area contributed by atoms with Gasteiger partial charge in [-0.3, -0.25) is 9.80 Å². The third-order valence-corrected chi connectivity index (χ3v) is 7.18. The number of benzene rings is 2. The van der Waals surface area contributed by atoms with Crippen LogP contribution in [0.25, 0.3) is 16.1 Å². The van der Waals surface area contributed by atoms with Gasteiger partial charge in [0.05, 0.1) is 26.2 Å². The highest BCUT2D eigenvalue weighted by atomic mass is 35.5. The SMILES string of the molecule is CS(=O)(=O)c1cccc(-c2ccc(C3=CC(C(=O)O)NN3c3ccccc3Cl)s2)c1. The van der Waals surface area contributed by atoms with Gasteiger partial charge in [-0.25, -0.2) is 13.8 Å². The molecule has 2 aromatic carbocycles. The van der Waals surface area contributed by atoms with Crippen LogP contribution < -0.4 is 10.4 Å². The van der Waals surface area contributed by atoms with E-state index in [1.54, 1.807) is 47.5 Å². The molecule has 0 saturated carbocycles. The summed E-state index contributed by atoms with van der Waals surface area (Å²) in [5.74, 6) is -1.00. The van der Waals surface area contributed by atoms with Crippen LogP contribution in [0.4, 0.5) is 5.69 Å². The van der Waals surface area contributed by atoms with Crippen molar-refractivity contribution in [2.75, 3.05) is 11.3 Å². The normalized spacial score (nSPS) is 16.5. The number of hydrazine groups is 1. The van der Waals surface area contributed by atoms with Crippen LogP contribution in [0.15, 0.2) is 71.6 Å². The number of carboxylic acid groups (broad SMARTS) is 1. The lowest BCUT2D eigenvalue weighted by Gasteiger charge is -2.23. The molecule has 0 saturated heterocycles. The Balaban J connectivity index is 1.74. The maximum Gasteiger partial charge on any atom is 0.326 e. The van der Waals surface area contributed by atoms with Gasteiger partial charge in [0.25, 0.3) is 0 Å². The Morgan fingerprint density at radius 3 is 2.53 bits per heavy atom.